The fraction of sp³-hybridized carbons (Fsp3) is 0.846. The lowest BCUT2D eigenvalue weighted by atomic mass is 10.1. The average molecular weight is 268 g/mol. The Labute approximate surface area is 114 Å². The van der Waals surface area contributed by atoms with Gasteiger partial charge in [-0.15, -0.1) is 0 Å². The minimum Gasteiger partial charge on any atom is -0.352 e. The fourth-order valence-corrected chi connectivity index (χ4v) is 2.75. The second kappa shape index (κ2) is 6.23. The number of piperidine rings is 1. The van der Waals surface area contributed by atoms with Gasteiger partial charge in [0.15, 0.2) is 0 Å². The van der Waals surface area contributed by atoms with Crippen LogP contribution in [0.2, 0.25) is 0 Å². The third-order valence-electron chi connectivity index (χ3n) is 3.66. The van der Waals surface area contributed by atoms with Gasteiger partial charge in [0, 0.05) is 25.2 Å². The van der Waals surface area contributed by atoms with Gasteiger partial charge in [-0.25, -0.2) is 4.79 Å². The number of hydrogen-bond acceptors (Lipinski definition) is 3. The normalized spacial score (nSPS) is 21.3. The van der Waals surface area contributed by atoms with Gasteiger partial charge in [-0.2, -0.15) is 0 Å². The van der Waals surface area contributed by atoms with E-state index in [9.17, 15) is 9.59 Å². The summed E-state index contributed by atoms with van der Waals surface area (Å²) in [6, 6.07) is 0.475. The van der Waals surface area contributed by atoms with Gasteiger partial charge in [0.25, 0.3) is 0 Å². The number of carbonyl (C=O) groups is 2. The molecule has 2 saturated heterocycles. The quantitative estimate of drug-likeness (QED) is 0.754. The highest BCUT2D eigenvalue weighted by Gasteiger charge is 2.34. The van der Waals surface area contributed by atoms with E-state index in [4.69, 9.17) is 0 Å². The largest absolute Gasteiger partial charge is 0.352 e. The maximum atomic E-state index is 12.3. The molecule has 2 aliphatic rings. The second-order valence-electron chi connectivity index (χ2n) is 5.60. The Morgan fingerprint density at radius 2 is 2.05 bits per heavy atom. The molecule has 2 aliphatic heterocycles. The molecule has 19 heavy (non-hydrogen) atoms. The first-order valence-electron chi connectivity index (χ1n) is 7.13. The van der Waals surface area contributed by atoms with Crippen LogP contribution >= 0.6 is 0 Å². The molecule has 0 radical (unpaired) electrons. The molecule has 2 fully saturated rings. The summed E-state index contributed by atoms with van der Waals surface area (Å²) in [5, 5.41) is 6.13. The Bertz CT molecular complexity index is 340. The Morgan fingerprint density at radius 3 is 2.68 bits per heavy atom. The Morgan fingerprint density at radius 1 is 1.37 bits per heavy atom. The second-order valence-corrected chi connectivity index (χ2v) is 5.60. The van der Waals surface area contributed by atoms with Gasteiger partial charge in [0.2, 0.25) is 5.91 Å². The van der Waals surface area contributed by atoms with Crippen molar-refractivity contribution in [2.24, 2.45) is 0 Å². The summed E-state index contributed by atoms with van der Waals surface area (Å²) in [4.78, 5) is 27.6. The molecule has 2 rings (SSSR count). The van der Waals surface area contributed by atoms with Crippen molar-refractivity contribution in [3.8, 4) is 0 Å². The molecule has 0 saturated carbocycles. The SMILES string of the molecule is CC(C)NC(=O)CN1CCN(C2CCNCC2)C1=O. The van der Waals surface area contributed by atoms with Crippen LogP contribution in [0.4, 0.5) is 4.79 Å². The van der Waals surface area contributed by atoms with Crippen LogP contribution in [-0.4, -0.2) is 66.5 Å². The monoisotopic (exact) mass is 268 g/mol. The Balaban J connectivity index is 1.85. The van der Waals surface area contributed by atoms with Crippen molar-refractivity contribution in [3.63, 3.8) is 0 Å². The zero-order chi connectivity index (χ0) is 13.8. The first-order valence-corrected chi connectivity index (χ1v) is 7.13. The van der Waals surface area contributed by atoms with E-state index in [0.29, 0.717) is 12.6 Å². The van der Waals surface area contributed by atoms with Crippen LogP contribution < -0.4 is 10.6 Å². The van der Waals surface area contributed by atoms with E-state index in [1.165, 1.54) is 0 Å². The number of hydrogen-bond donors (Lipinski definition) is 2. The highest BCUT2D eigenvalue weighted by Crippen LogP contribution is 2.18. The van der Waals surface area contributed by atoms with Gasteiger partial charge in [-0.1, -0.05) is 0 Å². The molecule has 6 nitrogen and oxygen atoms in total. The number of carbonyl (C=O) groups excluding carboxylic acids is 2. The van der Waals surface area contributed by atoms with Crippen molar-refractivity contribution in [2.45, 2.75) is 38.8 Å². The molecule has 0 aliphatic carbocycles. The predicted octanol–water partition coefficient (Wildman–Crippen LogP) is 0.000600. The summed E-state index contributed by atoms with van der Waals surface area (Å²) in [6.07, 6.45) is 2.02. The maximum absolute atomic E-state index is 12.3. The summed E-state index contributed by atoms with van der Waals surface area (Å²) in [7, 11) is 0. The number of rotatable bonds is 4. The minimum absolute atomic E-state index is 0.0193. The van der Waals surface area contributed by atoms with Crippen LogP contribution in [0.3, 0.4) is 0 Å². The summed E-state index contributed by atoms with van der Waals surface area (Å²) < 4.78 is 0. The van der Waals surface area contributed by atoms with Crippen molar-refractivity contribution in [1.82, 2.24) is 20.4 Å². The van der Waals surface area contributed by atoms with Gasteiger partial charge >= 0.3 is 6.03 Å². The van der Waals surface area contributed by atoms with E-state index in [1.54, 1.807) is 4.90 Å². The van der Waals surface area contributed by atoms with Crippen LogP contribution in [0.25, 0.3) is 0 Å². The van der Waals surface area contributed by atoms with Crippen molar-refractivity contribution < 1.29 is 9.59 Å². The van der Waals surface area contributed by atoms with Gasteiger partial charge in [-0.3, -0.25) is 4.79 Å². The van der Waals surface area contributed by atoms with E-state index in [0.717, 1.165) is 32.5 Å². The van der Waals surface area contributed by atoms with Crippen LogP contribution in [0.15, 0.2) is 0 Å². The van der Waals surface area contributed by atoms with E-state index < -0.39 is 0 Å². The van der Waals surface area contributed by atoms with Gasteiger partial charge in [-0.05, 0) is 39.8 Å². The summed E-state index contributed by atoms with van der Waals surface area (Å²) in [6.45, 7) is 7.38. The fourth-order valence-electron chi connectivity index (χ4n) is 2.75. The number of nitrogens with one attached hydrogen (secondary N) is 2. The molecule has 0 bridgehead atoms. The highest BCUT2D eigenvalue weighted by molar-refractivity contribution is 5.85. The van der Waals surface area contributed by atoms with E-state index in [1.807, 2.05) is 18.7 Å². The van der Waals surface area contributed by atoms with Gasteiger partial charge < -0.3 is 20.4 Å². The molecule has 2 N–H and O–H groups in total. The molecular formula is C13H24N4O2. The molecule has 0 aromatic heterocycles. The third kappa shape index (κ3) is 3.59. The zero-order valence-electron chi connectivity index (χ0n) is 11.8. The van der Waals surface area contributed by atoms with Crippen LogP contribution in [-0.2, 0) is 4.79 Å². The highest BCUT2D eigenvalue weighted by atomic mass is 16.2. The molecule has 0 unspecified atom stereocenters. The molecule has 2 heterocycles. The molecule has 0 spiro atoms. The molecule has 108 valence electrons. The lowest BCUT2D eigenvalue weighted by Crippen LogP contribution is -2.46. The molecule has 6 heteroatoms. The first-order chi connectivity index (χ1) is 9.08. The summed E-state index contributed by atoms with van der Waals surface area (Å²) >= 11 is 0. The molecular weight excluding hydrogens is 244 g/mol. The lowest BCUT2D eigenvalue weighted by Gasteiger charge is -2.31. The van der Waals surface area contributed by atoms with E-state index >= 15 is 0 Å². The predicted molar refractivity (Wildman–Crippen MR) is 72.8 cm³/mol. The lowest BCUT2D eigenvalue weighted by molar-refractivity contribution is -0.122. The zero-order valence-corrected chi connectivity index (χ0v) is 11.8. The van der Waals surface area contributed by atoms with Crippen molar-refractivity contribution in [3.05, 3.63) is 0 Å². The number of urea groups is 1. The third-order valence-corrected chi connectivity index (χ3v) is 3.66. The summed E-state index contributed by atoms with van der Waals surface area (Å²) in [5.41, 5.74) is 0. The molecule has 0 atom stereocenters. The van der Waals surface area contributed by atoms with E-state index in [2.05, 4.69) is 10.6 Å². The van der Waals surface area contributed by atoms with Crippen molar-refractivity contribution in [2.75, 3.05) is 32.7 Å². The molecule has 0 aromatic rings. The topological polar surface area (TPSA) is 64.7 Å². The van der Waals surface area contributed by atoms with Crippen molar-refractivity contribution in [1.29, 1.82) is 0 Å². The van der Waals surface area contributed by atoms with E-state index in [-0.39, 0.29) is 24.5 Å². The number of amides is 3. The first kappa shape index (κ1) is 14.1. The Hall–Kier alpha value is -1.30. The van der Waals surface area contributed by atoms with Crippen LogP contribution in [0.5, 0.6) is 0 Å². The molecule has 3 amide bonds. The summed E-state index contributed by atoms with van der Waals surface area (Å²) in [5.74, 6) is -0.0736. The minimum atomic E-state index is -0.0736. The Kier molecular flexibility index (Phi) is 4.63. The van der Waals surface area contributed by atoms with Gasteiger partial charge in [0.1, 0.15) is 6.54 Å². The standard InChI is InChI=1S/C13H24N4O2/c1-10(2)15-12(18)9-16-7-8-17(13(16)19)11-3-5-14-6-4-11/h10-11,14H,3-9H2,1-2H3,(H,15,18). The van der Waals surface area contributed by atoms with Crippen LogP contribution in [0.1, 0.15) is 26.7 Å². The maximum Gasteiger partial charge on any atom is 0.320 e. The number of nitrogens with zero attached hydrogens (tertiary/aromatic N) is 2. The van der Waals surface area contributed by atoms with Crippen LogP contribution in [0, 0.1) is 0 Å². The average Bonchev–Trinajstić information content (AvgIpc) is 2.71. The van der Waals surface area contributed by atoms with Crippen molar-refractivity contribution >= 4 is 11.9 Å². The smallest absolute Gasteiger partial charge is 0.320 e. The molecule has 0 aromatic carbocycles. The van der Waals surface area contributed by atoms with Gasteiger partial charge in [0.05, 0.1) is 0 Å².